The average molecular weight is 474 g/mol. The van der Waals surface area contributed by atoms with Crippen molar-refractivity contribution >= 4 is 17.4 Å². The van der Waals surface area contributed by atoms with Crippen molar-refractivity contribution < 1.29 is 27.4 Å². The summed E-state index contributed by atoms with van der Waals surface area (Å²) in [6.07, 6.45) is 1.44. The third kappa shape index (κ3) is 3.92. The number of aromatic nitrogens is 2. The van der Waals surface area contributed by atoms with E-state index in [2.05, 4.69) is 31.1 Å². The van der Waals surface area contributed by atoms with Crippen LogP contribution in [0.2, 0.25) is 0 Å². The molecule has 9 nitrogen and oxygen atoms in total. The van der Waals surface area contributed by atoms with Crippen LogP contribution < -0.4 is 15.8 Å². The smallest absolute Gasteiger partial charge is 0.275 e. The van der Waals surface area contributed by atoms with Crippen molar-refractivity contribution in [3.05, 3.63) is 47.7 Å². The number of hydrogen-bond acceptors (Lipinski definition) is 8. The van der Waals surface area contributed by atoms with Gasteiger partial charge in [-0.2, -0.15) is 5.26 Å². The van der Waals surface area contributed by atoms with E-state index in [0.29, 0.717) is 0 Å². The molecule has 0 bridgehead atoms. The van der Waals surface area contributed by atoms with Crippen LogP contribution in [0.5, 0.6) is 5.88 Å². The Morgan fingerprint density at radius 1 is 1.38 bits per heavy atom. The average Bonchev–Trinajstić information content (AvgIpc) is 3.19. The Balaban J connectivity index is 1.68. The number of nitrogens with one attached hydrogen (secondary N) is 1. The largest absolute Gasteiger partial charge is 0.445 e. The molecule has 1 aromatic heterocycles. The molecule has 2 aliphatic rings. The Morgan fingerprint density at radius 3 is 2.82 bits per heavy atom. The number of benzene rings is 1. The number of amidine groups is 1. The van der Waals surface area contributed by atoms with Crippen LogP contribution in [-0.4, -0.2) is 48.0 Å². The lowest BCUT2D eigenvalue weighted by Gasteiger charge is -2.41. The predicted molar refractivity (Wildman–Crippen MR) is 114 cm³/mol. The lowest BCUT2D eigenvalue weighted by atomic mass is 9.66. The molecule has 2 aliphatic heterocycles. The van der Waals surface area contributed by atoms with Gasteiger partial charge in [-0.25, -0.2) is 23.1 Å². The number of nitrogens with two attached hydrogens (primary N) is 1. The topological polar surface area (TPSA) is 136 Å². The van der Waals surface area contributed by atoms with Crippen molar-refractivity contribution in [3.8, 4) is 11.9 Å². The highest BCUT2D eigenvalue weighted by Crippen LogP contribution is 2.52. The second kappa shape index (κ2) is 8.90. The number of ether oxygens (including phenoxy) is 2. The zero-order valence-electron chi connectivity index (χ0n) is 18.1. The van der Waals surface area contributed by atoms with Gasteiger partial charge >= 0.3 is 0 Å². The molecule has 1 amide bonds. The summed E-state index contributed by atoms with van der Waals surface area (Å²) in [5, 5.41) is 12.2. The second-order valence-electron chi connectivity index (χ2n) is 8.32. The number of nitriles is 1. The maximum absolute atomic E-state index is 15.1. The van der Waals surface area contributed by atoms with E-state index in [9.17, 15) is 18.8 Å². The molecule has 1 aromatic carbocycles. The van der Waals surface area contributed by atoms with E-state index in [-0.39, 0.29) is 41.7 Å². The van der Waals surface area contributed by atoms with Crippen LogP contribution >= 0.6 is 0 Å². The Labute approximate surface area is 192 Å². The first-order valence-corrected chi connectivity index (χ1v) is 10.3. The fourth-order valence-electron chi connectivity index (χ4n) is 4.35. The summed E-state index contributed by atoms with van der Waals surface area (Å²) in [6.45, 7) is -0.456. The Bertz CT molecular complexity index is 1170. The Morgan fingerprint density at radius 2 is 2.18 bits per heavy atom. The van der Waals surface area contributed by atoms with Crippen LogP contribution in [0.4, 0.5) is 18.9 Å². The summed E-state index contributed by atoms with van der Waals surface area (Å²) in [5.74, 6) is -2.03. The molecule has 0 spiro atoms. The van der Waals surface area contributed by atoms with Crippen LogP contribution in [0.1, 0.15) is 29.4 Å². The van der Waals surface area contributed by atoms with Crippen LogP contribution in [-0.2, 0) is 10.3 Å². The number of fused-ring (bicyclic) bond motifs is 1. The predicted octanol–water partition coefficient (Wildman–Crippen LogP) is 2.64. The van der Waals surface area contributed by atoms with E-state index in [0.717, 1.165) is 18.5 Å². The first-order valence-electron chi connectivity index (χ1n) is 10.3. The number of rotatable bonds is 6. The van der Waals surface area contributed by atoms with Crippen molar-refractivity contribution in [3.63, 3.8) is 0 Å². The summed E-state index contributed by atoms with van der Waals surface area (Å²) >= 11 is 0. The van der Waals surface area contributed by atoms with E-state index in [1.807, 2.05) is 0 Å². The summed E-state index contributed by atoms with van der Waals surface area (Å²) in [4.78, 5) is 24.7. The molecule has 34 heavy (non-hydrogen) atoms. The molecule has 12 heteroatoms. The molecule has 0 radical (unpaired) electrons. The normalized spacial score (nSPS) is 27.9. The van der Waals surface area contributed by atoms with Gasteiger partial charge in [0.15, 0.2) is 0 Å². The summed E-state index contributed by atoms with van der Waals surface area (Å²) in [6, 6.07) is 5.98. The van der Waals surface area contributed by atoms with Crippen molar-refractivity contribution in [1.82, 2.24) is 9.97 Å². The molecule has 2 aromatic rings. The zero-order valence-corrected chi connectivity index (χ0v) is 18.1. The summed E-state index contributed by atoms with van der Waals surface area (Å²) in [7, 11) is 0. The SMILES string of the molecule is C[C@@]1(C#N)C[C@@H]2[C@@H](CF)OC[C@]2(c2cc(NC(=O)c3cnc(OCF)cn3)ccc2F)N=C1N. The van der Waals surface area contributed by atoms with E-state index >= 15 is 4.39 Å². The molecule has 0 aliphatic carbocycles. The van der Waals surface area contributed by atoms with Gasteiger partial charge in [0.25, 0.3) is 5.91 Å². The number of alkyl halides is 2. The minimum Gasteiger partial charge on any atom is -0.445 e. The van der Waals surface area contributed by atoms with Crippen LogP contribution in [0, 0.1) is 28.5 Å². The fraction of sp³-hybridized carbons (Fsp3) is 0.409. The van der Waals surface area contributed by atoms with E-state index in [1.165, 1.54) is 12.1 Å². The molecule has 3 heterocycles. The Hall–Kier alpha value is -3.72. The van der Waals surface area contributed by atoms with Gasteiger partial charge in [-0.15, -0.1) is 0 Å². The molecule has 1 saturated heterocycles. The minimum atomic E-state index is -1.35. The minimum absolute atomic E-state index is 0.00839. The van der Waals surface area contributed by atoms with Gasteiger partial charge < -0.3 is 20.5 Å². The van der Waals surface area contributed by atoms with Crippen LogP contribution in [0.3, 0.4) is 0 Å². The molecule has 4 rings (SSSR count). The summed E-state index contributed by atoms with van der Waals surface area (Å²) < 4.78 is 51.2. The number of carbonyl (C=O) groups is 1. The number of nitrogens with zero attached hydrogens (tertiary/aromatic N) is 4. The van der Waals surface area contributed by atoms with Gasteiger partial charge in [0.1, 0.15) is 35.0 Å². The number of hydrogen-bond donors (Lipinski definition) is 2. The van der Waals surface area contributed by atoms with Crippen molar-refractivity contribution in [2.24, 2.45) is 22.1 Å². The van der Waals surface area contributed by atoms with E-state index < -0.39 is 48.2 Å². The lowest BCUT2D eigenvalue weighted by molar-refractivity contribution is 0.0632. The second-order valence-corrected chi connectivity index (χ2v) is 8.32. The van der Waals surface area contributed by atoms with Gasteiger partial charge in [-0.3, -0.25) is 9.79 Å². The molecular weight excluding hydrogens is 453 g/mol. The number of carbonyl (C=O) groups excluding carboxylic acids is 1. The quantitative estimate of drug-likeness (QED) is 0.657. The van der Waals surface area contributed by atoms with Gasteiger partial charge in [0.2, 0.25) is 12.7 Å². The maximum atomic E-state index is 15.1. The molecule has 0 unspecified atom stereocenters. The fourth-order valence-corrected chi connectivity index (χ4v) is 4.35. The molecule has 178 valence electrons. The van der Waals surface area contributed by atoms with Crippen molar-refractivity contribution in [1.29, 1.82) is 5.26 Å². The number of halogens is 3. The van der Waals surface area contributed by atoms with E-state index in [4.69, 9.17) is 10.5 Å². The lowest BCUT2D eigenvalue weighted by Crippen LogP contribution is -2.50. The summed E-state index contributed by atoms with van der Waals surface area (Å²) in [5.41, 5.74) is 3.80. The first-order chi connectivity index (χ1) is 16.3. The highest BCUT2D eigenvalue weighted by Gasteiger charge is 2.58. The highest BCUT2D eigenvalue weighted by atomic mass is 19.1. The molecule has 4 atom stereocenters. The number of anilines is 1. The number of amides is 1. The van der Waals surface area contributed by atoms with Gasteiger partial charge in [-0.1, -0.05) is 0 Å². The van der Waals surface area contributed by atoms with Crippen molar-refractivity contribution in [2.75, 3.05) is 25.5 Å². The van der Waals surface area contributed by atoms with Crippen LogP contribution in [0.15, 0.2) is 35.6 Å². The maximum Gasteiger partial charge on any atom is 0.275 e. The van der Waals surface area contributed by atoms with Gasteiger partial charge in [0, 0.05) is 17.2 Å². The van der Waals surface area contributed by atoms with Gasteiger partial charge in [-0.05, 0) is 31.5 Å². The van der Waals surface area contributed by atoms with Gasteiger partial charge in [0.05, 0.1) is 31.2 Å². The third-order valence-corrected chi connectivity index (χ3v) is 6.25. The number of aliphatic imine (C=N–C) groups is 1. The first kappa shape index (κ1) is 23.4. The molecular formula is C22H21F3N6O3. The van der Waals surface area contributed by atoms with Crippen molar-refractivity contribution in [2.45, 2.75) is 25.0 Å². The van der Waals surface area contributed by atoms with Crippen LogP contribution in [0.25, 0.3) is 0 Å². The standard InChI is InChI=1S/C22H21F3N6O3/c1-21(9-26)5-14-17(6-23)33-10-22(14,31-20(21)27)13-4-12(2-3-15(13)25)30-19(32)16-7-29-18(8-28-16)34-11-24/h2-4,7-8,14,17H,5-6,10-11H2,1H3,(H2,27,31)(H,30,32)/t14-,17-,21+,22-/m1/s1. The molecule has 3 N–H and O–H groups in total. The Kier molecular flexibility index (Phi) is 6.14. The molecule has 1 fully saturated rings. The third-order valence-electron chi connectivity index (χ3n) is 6.25. The van der Waals surface area contributed by atoms with E-state index in [1.54, 1.807) is 6.92 Å². The molecule has 0 saturated carbocycles. The monoisotopic (exact) mass is 474 g/mol. The zero-order chi connectivity index (χ0) is 24.5. The highest BCUT2D eigenvalue weighted by molar-refractivity contribution is 6.02.